The molecule has 0 aliphatic carbocycles. The fourth-order valence-corrected chi connectivity index (χ4v) is 8.46. The third-order valence-electron chi connectivity index (χ3n) is 11.2. The van der Waals surface area contributed by atoms with E-state index in [4.69, 9.17) is 14.7 Å². The minimum absolute atomic E-state index is 0. The van der Waals surface area contributed by atoms with E-state index in [1.807, 2.05) is 32.4 Å². The Bertz CT molecular complexity index is 2530. The van der Waals surface area contributed by atoms with Gasteiger partial charge in [-0.2, -0.15) is 0 Å². The topological polar surface area (TPSA) is 160 Å². The number of benzene rings is 2. The molecule has 0 saturated carbocycles. The zero-order valence-electron chi connectivity index (χ0n) is 37.0. The first-order chi connectivity index (χ1) is 28.1. The molecule has 6 heterocycles. The van der Waals surface area contributed by atoms with Crippen LogP contribution in [0.5, 0.6) is 0 Å². The van der Waals surface area contributed by atoms with Crippen molar-refractivity contribution in [2.24, 2.45) is 0 Å². The second-order valence-electron chi connectivity index (χ2n) is 16.6. The average molecular weight is 843 g/mol. The molecule has 0 saturated heterocycles. The Hall–Kier alpha value is -4.70. The number of aliphatic hydroxyl groups is 1. The van der Waals surface area contributed by atoms with E-state index in [0.717, 1.165) is 67.7 Å². The van der Waals surface area contributed by atoms with Gasteiger partial charge in [-0.15, -0.1) is 10.2 Å². The van der Waals surface area contributed by atoms with E-state index >= 15 is 0 Å². The van der Waals surface area contributed by atoms with Gasteiger partial charge in [-0.25, -0.2) is 22.9 Å². The van der Waals surface area contributed by atoms with Crippen LogP contribution in [0.2, 0.25) is 0 Å². The summed E-state index contributed by atoms with van der Waals surface area (Å²) in [5, 5.41) is 34.8. The molecule has 0 fully saturated rings. The standard InChI is InChI=1S/C23H26FN5O2.C21H24FN5O.Al.Li.4H/c1-6-31-22(30)19-18(14-7-9-15(24)10-8-14)16-11-12-17-26-27-28-29(17)23(4,5)21(16)25-20(19)13(2)3;1-12(2)19-16(11-28)18(13-5-7-14(22)8-6-13)15-9-10-17-24-25-26-27(17)21(3,4)20(15)23-19;;;;;;/h7-10,13H,6,11-12H2,1-5H3;5-8,12,28H,9-11H2,1-4H3;;;;;;/q;;;+1;;;;-1. The van der Waals surface area contributed by atoms with Crippen LogP contribution in [0.15, 0.2) is 48.5 Å². The number of ether oxygens (including phenoxy) is 1. The normalized spacial score (nSPS) is 14.5. The van der Waals surface area contributed by atoms with Crippen LogP contribution in [0.1, 0.15) is 137 Å². The fourth-order valence-electron chi connectivity index (χ4n) is 8.46. The van der Waals surface area contributed by atoms with Gasteiger partial charge < -0.3 is 11.3 Å². The molecule has 2 aromatic carbocycles. The van der Waals surface area contributed by atoms with Gasteiger partial charge in [0.2, 0.25) is 0 Å². The number of fused-ring (bicyclic) bond motifs is 4. The number of hydrogen-bond acceptors (Lipinski definition) is 11. The SMILES string of the molecule is CC(C)c1nc2c(c(-c3ccc(F)cc3)c1CO)CCc1nnnn1C2(C)C.CCOC(=O)c1c(C(C)C)nc2c(c1-c1ccc(F)cc1)CCc1nnnn1C2(C)C.[AlH3].[H-].[Li+]. The average Bonchev–Trinajstić information content (AvgIpc) is 3.86. The number of hydrogen-bond donors (Lipinski definition) is 1. The second-order valence-corrected chi connectivity index (χ2v) is 16.6. The van der Waals surface area contributed by atoms with Gasteiger partial charge in [0.1, 0.15) is 22.7 Å². The molecule has 13 nitrogen and oxygen atoms in total. The molecule has 0 spiro atoms. The van der Waals surface area contributed by atoms with Gasteiger partial charge in [0.15, 0.2) is 29.0 Å². The third-order valence-corrected chi connectivity index (χ3v) is 11.2. The number of rotatable bonds is 7. The summed E-state index contributed by atoms with van der Waals surface area (Å²) in [6, 6.07) is 12.7. The van der Waals surface area contributed by atoms with Crippen LogP contribution < -0.4 is 18.9 Å². The fraction of sp³-hybridized carbons (Fsp3) is 0.432. The first-order valence-electron chi connectivity index (χ1n) is 20.1. The van der Waals surface area contributed by atoms with Crippen molar-refractivity contribution in [3.63, 3.8) is 0 Å². The van der Waals surface area contributed by atoms with Crippen LogP contribution >= 0.6 is 0 Å². The Labute approximate surface area is 378 Å². The Balaban J connectivity index is 0.000000261. The molecule has 0 radical (unpaired) electrons. The summed E-state index contributed by atoms with van der Waals surface area (Å²) in [7, 11) is 0. The molecular weight excluding hydrogens is 788 g/mol. The minimum atomic E-state index is -0.629. The molecule has 17 heteroatoms. The molecule has 61 heavy (non-hydrogen) atoms. The number of tetrazole rings is 2. The molecule has 2 aliphatic rings. The molecule has 0 unspecified atom stereocenters. The van der Waals surface area contributed by atoms with Gasteiger partial charge in [0.25, 0.3) is 0 Å². The number of carbonyl (C=O) groups is 1. The van der Waals surface area contributed by atoms with Gasteiger partial charge in [-0.3, -0.25) is 9.97 Å². The van der Waals surface area contributed by atoms with E-state index in [-0.39, 0.29) is 74.3 Å². The Morgan fingerprint density at radius 3 is 1.59 bits per heavy atom. The summed E-state index contributed by atoms with van der Waals surface area (Å²) in [5.74, 6) is 0.632. The molecular formula is C44H54AlF2LiN10O3. The monoisotopic (exact) mass is 842 g/mol. The maximum atomic E-state index is 13.7. The van der Waals surface area contributed by atoms with Crippen molar-refractivity contribution in [3.8, 4) is 22.3 Å². The molecule has 0 atom stereocenters. The number of esters is 1. The summed E-state index contributed by atoms with van der Waals surface area (Å²) in [4.78, 5) is 23.2. The van der Waals surface area contributed by atoms with Crippen LogP contribution in [0.3, 0.4) is 0 Å². The third kappa shape index (κ3) is 8.71. The minimum Gasteiger partial charge on any atom is -1.00 e. The first kappa shape index (κ1) is 47.4. The van der Waals surface area contributed by atoms with Crippen LogP contribution in [-0.4, -0.2) is 85.4 Å². The van der Waals surface area contributed by atoms with E-state index in [1.54, 1.807) is 35.9 Å². The molecule has 4 aromatic heterocycles. The number of halogens is 2. The maximum absolute atomic E-state index is 13.7. The maximum Gasteiger partial charge on any atom is 1.00 e. The summed E-state index contributed by atoms with van der Waals surface area (Å²) in [6.45, 7) is 18.2. The summed E-state index contributed by atoms with van der Waals surface area (Å²) < 4.78 is 36.4. The van der Waals surface area contributed by atoms with Crippen molar-refractivity contribution in [1.82, 2.24) is 50.4 Å². The van der Waals surface area contributed by atoms with Crippen molar-refractivity contribution in [2.45, 2.75) is 118 Å². The van der Waals surface area contributed by atoms with Crippen molar-refractivity contribution in [2.75, 3.05) is 6.61 Å². The van der Waals surface area contributed by atoms with Crippen LogP contribution in [0, 0.1) is 11.6 Å². The van der Waals surface area contributed by atoms with Crippen molar-refractivity contribution < 1.29 is 43.7 Å². The van der Waals surface area contributed by atoms with E-state index in [1.165, 1.54) is 24.3 Å². The molecule has 316 valence electrons. The summed E-state index contributed by atoms with van der Waals surface area (Å²) in [5.41, 5.74) is 8.62. The van der Waals surface area contributed by atoms with Gasteiger partial charge in [-0.05, 0) is 132 Å². The number of aryl methyl sites for hydroxylation is 2. The number of aromatic nitrogens is 10. The first-order valence-corrected chi connectivity index (χ1v) is 20.1. The van der Waals surface area contributed by atoms with E-state index in [2.05, 4.69) is 58.7 Å². The number of carbonyl (C=O) groups excluding carboxylic acids is 1. The second kappa shape index (κ2) is 18.7. The molecule has 0 amide bonds. The smallest absolute Gasteiger partial charge is 1.00 e. The van der Waals surface area contributed by atoms with E-state index in [9.17, 15) is 18.7 Å². The van der Waals surface area contributed by atoms with Gasteiger partial charge in [0.05, 0.1) is 35.9 Å². The summed E-state index contributed by atoms with van der Waals surface area (Å²) in [6.07, 6.45) is 2.57. The quantitative estimate of drug-likeness (QED) is 0.186. The largest absolute Gasteiger partial charge is 1.00 e. The molecule has 0 bridgehead atoms. The van der Waals surface area contributed by atoms with Crippen molar-refractivity contribution in [3.05, 3.63) is 117 Å². The van der Waals surface area contributed by atoms with Crippen molar-refractivity contribution in [1.29, 1.82) is 0 Å². The van der Waals surface area contributed by atoms with Crippen molar-refractivity contribution >= 4 is 23.3 Å². The molecule has 2 aliphatic heterocycles. The molecule has 8 rings (SSSR count). The predicted molar refractivity (Wildman–Crippen MR) is 228 cm³/mol. The van der Waals surface area contributed by atoms with Gasteiger partial charge in [0, 0.05) is 29.7 Å². The van der Waals surface area contributed by atoms with Gasteiger partial charge >= 0.3 is 24.8 Å². The van der Waals surface area contributed by atoms with E-state index in [0.29, 0.717) is 36.9 Å². The zero-order chi connectivity index (χ0) is 42.4. The predicted octanol–water partition coefficient (Wildman–Crippen LogP) is 3.36. The van der Waals surface area contributed by atoms with Crippen LogP contribution in [-0.2, 0) is 48.1 Å². The van der Waals surface area contributed by atoms with E-state index < -0.39 is 17.0 Å². The Kier molecular flexibility index (Phi) is 14.5. The van der Waals surface area contributed by atoms with Crippen LogP contribution in [0.25, 0.3) is 22.3 Å². The van der Waals surface area contributed by atoms with Crippen LogP contribution in [0.4, 0.5) is 8.78 Å². The number of aliphatic hydroxyl groups excluding tert-OH is 1. The summed E-state index contributed by atoms with van der Waals surface area (Å²) >= 11 is 0. The van der Waals surface area contributed by atoms with Gasteiger partial charge in [-0.1, -0.05) is 52.0 Å². The molecule has 1 N–H and O–H groups in total. The molecule has 6 aromatic rings. The Morgan fingerprint density at radius 1 is 0.738 bits per heavy atom. The number of pyridine rings is 2. The zero-order valence-corrected chi connectivity index (χ0v) is 36.0. The Morgan fingerprint density at radius 2 is 1.16 bits per heavy atom. The number of nitrogens with zero attached hydrogens (tertiary/aromatic N) is 10.